The summed E-state index contributed by atoms with van der Waals surface area (Å²) in [7, 11) is 1.67. The van der Waals surface area contributed by atoms with Crippen LogP contribution in [0.3, 0.4) is 0 Å². The van der Waals surface area contributed by atoms with Crippen molar-refractivity contribution in [2.75, 3.05) is 20.2 Å². The third kappa shape index (κ3) is 4.45. The van der Waals surface area contributed by atoms with Crippen LogP contribution in [0.5, 0.6) is 5.75 Å². The van der Waals surface area contributed by atoms with E-state index >= 15 is 0 Å². The summed E-state index contributed by atoms with van der Waals surface area (Å²) < 4.78 is 32.5. The van der Waals surface area contributed by atoms with Gasteiger partial charge in [0.05, 0.1) is 23.3 Å². The van der Waals surface area contributed by atoms with Gasteiger partial charge in [0.25, 0.3) is 0 Å². The number of thiazole rings is 1. The van der Waals surface area contributed by atoms with Gasteiger partial charge < -0.3 is 15.0 Å². The molecule has 0 spiro atoms. The molecule has 0 radical (unpaired) electrons. The second-order valence-corrected chi connectivity index (χ2v) is 6.70. The number of carbonyl (C=O) groups is 1. The first kappa shape index (κ1) is 18.1. The van der Waals surface area contributed by atoms with Gasteiger partial charge in [-0.1, -0.05) is 12.1 Å². The van der Waals surface area contributed by atoms with Crippen LogP contribution in [-0.2, 0) is 6.54 Å². The van der Waals surface area contributed by atoms with Crippen molar-refractivity contribution >= 4 is 27.6 Å². The van der Waals surface area contributed by atoms with Gasteiger partial charge in [0.15, 0.2) is 11.6 Å². The first-order chi connectivity index (χ1) is 12.5. The Balaban J connectivity index is 1.45. The average molecular weight is 377 g/mol. The summed E-state index contributed by atoms with van der Waals surface area (Å²) in [6.07, 6.45) is 0. The van der Waals surface area contributed by atoms with E-state index in [1.807, 2.05) is 24.3 Å². The SMILES string of the molecule is CN(Cc1nc2ccccc2s1)C(=O)NCCOc1ccc(F)cc1F. The van der Waals surface area contributed by atoms with Gasteiger partial charge in [-0.2, -0.15) is 0 Å². The summed E-state index contributed by atoms with van der Waals surface area (Å²) >= 11 is 1.54. The number of urea groups is 1. The van der Waals surface area contributed by atoms with Gasteiger partial charge in [0.1, 0.15) is 17.4 Å². The van der Waals surface area contributed by atoms with E-state index in [0.717, 1.165) is 27.4 Å². The number of carbonyl (C=O) groups excluding carboxylic acids is 1. The predicted molar refractivity (Wildman–Crippen MR) is 96.3 cm³/mol. The molecule has 0 aliphatic heterocycles. The number of nitrogens with zero attached hydrogens (tertiary/aromatic N) is 2. The molecule has 3 aromatic rings. The van der Waals surface area contributed by atoms with Crippen LogP contribution in [0.1, 0.15) is 5.01 Å². The molecule has 8 heteroatoms. The van der Waals surface area contributed by atoms with Crippen LogP contribution in [0.2, 0.25) is 0 Å². The van der Waals surface area contributed by atoms with Crippen LogP contribution in [-0.4, -0.2) is 36.1 Å². The Morgan fingerprint density at radius 3 is 2.85 bits per heavy atom. The third-order valence-electron chi connectivity index (χ3n) is 3.59. The quantitative estimate of drug-likeness (QED) is 0.665. The Morgan fingerprint density at radius 2 is 2.08 bits per heavy atom. The fourth-order valence-electron chi connectivity index (χ4n) is 2.31. The van der Waals surface area contributed by atoms with Crippen molar-refractivity contribution in [1.29, 1.82) is 0 Å². The number of halogens is 2. The fourth-order valence-corrected chi connectivity index (χ4v) is 3.33. The molecule has 0 bridgehead atoms. The lowest BCUT2D eigenvalue weighted by molar-refractivity contribution is 0.203. The highest BCUT2D eigenvalue weighted by Crippen LogP contribution is 2.22. The zero-order valence-electron chi connectivity index (χ0n) is 14.0. The van der Waals surface area contributed by atoms with Crippen LogP contribution in [0.4, 0.5) is 13.6 Å². The maximum atomic E-state index is 13.4. The van der Waals surface area contributed by atoms with Gasteiger partial charge >= 0.3 is 6.03 Å². The topological polar surface area (TPSA) is 54.5 Å². The number of hydrogen-bond acceptors (Lipinski definition) is 4. The standard InChI is InChI=1S/C18H17F2N3O2S/c1-23(11-17-22-14-4-2-3-5-16(14)26-17)18(24)21-8-9-25-15-7-6-12(19)10-13(15)20/h2-7,10H,8-9,11H2,1H3,(H,21,24). The maximum Gasteiger partial charge on any atom is 0.317 e. The Labute approximate surface area is 153 Å². The molecular formula is C18H17F2N3O2S. The first-order valence-corrected chi connectivity index (χ1v) is 8.76. The zero-order valence-corrected chi connectivity index (χ0v) is 14.9. The molecular weight excluding hydrogens is 360 g/mol. The minimum absolute atomic E-state index is 0.0523. The van der Waals surface area contributed by atoms with Crippen LogP contribution >= 0.6 is 11.3 Å². The number of nitrogens with one attached hydrogen (secondary N) is 1. The summed E-state index contributed by atoms with van der Waals surface area (Å²) in [6.45, 7) is 0.654. The molecule has 2 amide bonds. The molecule has 26 heavy (non-hydrogen) atoms. The summed E-state index contributed by atoms with van der Waals surface area (Å²) in [4.78, 5) is 18.1. The Kier molecular flexibility index (Phi) is 5.62. The van der Waals surface area contributed by atoms with Gasteiger partial charge in [0.2, 0.25) is 0 Å². The minimum atomic E-state index is -0.774. The molecule has 0 saturated heterocycles. The monoisotopic (exact) mass is 377 g/mol. The van der Waals surface area contributed by atoms with Crippen LogP contribution in [0.25, 0.3) is 10.2 Å². The van der Waals surface area contributed by atoms with Crippen molar-refractivity contribution < 1.29 is 18.3 Å². The number of para-hydroxylation sites is 1. The lowest BCUT2D eigenvalue weighted by Crippen LogP contribution is -2.38. The number of rotatable bonds is 6. The van der Waals surface area contributed by atoms with Crippen molar-refractivity contribution in [2.24, 2.45) is 0 Å². The van der Waals surface area contributed by atoms with E-state index in [4.69, 9.17) is 4.74 Å². The lowest BCUT2D eigenvalue weighted by Gasteiger charge is -2.16. The van der Waals surface area contributed by atoms with E-state index in [2.05, 4.69) is 10.3 Å². The number of ether oxygens (including phenoxy) is 1. The second kappa shape index (κ2) is 8.09. The number of hydrogen-bond donors (Lipinski definition) is 1. The molecule has 2 aromatic carbocycles. The van der Waals surface area contributed by atoms with E-state index in [0.29, 0.717) is 6.54 Å². The smallest absolute Gasteiger partial charge is 0.317 e. The molecule has 0 unspecified atom stereocenters. The normalized spacial score (nSPS) is 10.7. The summed E-state index contributed by atoms with van der Waals surface area (Å²) in [5.74, 6) is -1.49. The Morgan fingerprint density at radius 1 is 1.27 bits per heavy atom. The number of fused-ring (bicyclic) bond motifs is 1. The molecule has 0 aliphatic carbocycles. The minimum Gasteiger partial charge on any atom is -0.489 e. The van der Waals surface area contributed by atoms with E-state index in [1.165, 1.54) is 11.0 Å². The summed E-state index contributed by atoms with van der Waals surface area (Å²) in [5, 5.41) is 3.52. The molecule has 1 aromatic heterocycles. The molecule has 0 saturated carbocycles. The highest BCUT2D eigenvalue weighted by atomic mass is 32.1. The van der Waals surface area contributed by atoms with E-state index in [9.17, 15) is 13.6 Å². The Bertz CT molecular complexity index is 883. The van der Waals surface area contributed by atoms with Gasteiger partial charge in [0, 0.05) is 13.1 Å². The van der Waals surface area contributed by atoms with E-state index in [-0.39, 0.29) is 24.9 Å². The largest absolute Gasteiger partial charge is 0.489 e. The summed E-state index contributed by atoms with van der Waals surface area (Å²) in [6, 6.07) is 10.6. The van der Waals surface area contributed by atoms with E-state index in [1.54, 1.807) is 18.4 Å². The van der Waals surface area contributed by atoms with Gasteiger partial charge in [-0.3, -0.25) is 0 Å². The second-order valence-electron chi connectivity index (χ2n) is 5.59. The van der Waals surface area contributed by atoms with Gasteiger partial charge in [-0.05, 0) is 24.3 Å². The van der Waals surface area contributed by atoms with Crippen LogP contribution in [0.15, 0.2) is 42.5 Å². The molecule has 1 heterocycles. The molecule has 136 valence electrons. The Hall–Kier alpha value is -2.74. The highest BCUT2D eigenvalue weighted by Gasteiger charge is 2.12. The number of amides is 2. The van der Waals surface area contributed by atoms with Crippen LogP contribution in [0, 0.1) is 11.6 Å². The zero-order chi connectivity index (χ0) is 18.5. The summed E-state index contributed by atoms with van der Waals surface area (Å²) in [5.41, 5.74) is 0.913. The molecule has 0 fully saturated rings. The molecule has 0 atom stereocenters. The van der Waals surface area contributed by atoms with Crippen molar-refractivity contribution in [3.8, 4) is 5.75 Å². The van der Waals surface area contributed by atoms with Crippen molar-refractivity contribution in [1.82, 2.24) is 15.2 Å². The van der Waals surface area contributed by atoms with Crippen LogP contribution < -0.4 is 10.1 Å². The lowest BCUT2D eigenvalue weighted by atomic mass is 10.3. The molecule has 0 aliphatic rings. The third-order valence-corrected chi connectivity index (χ3v) is 4.61. The maximum absolute atomic E-state index is 13.4. The molecule has 3 rings (SSSR count). The predicted octanol–water partition coefficient (Wildman–Crippen LogP) is 3.79. The fraction of sp³-hybridized carbons (Fsp3) is 0.222. The number of benzene rings is 2. The number of aromatic nitrogens is 1. The molecule has 1 N–H and O–H groups in total. The first-order valence-electron chi connectivity index (χ1n) is 7.94. The van der Waals surface area contributed by atoms with Crippen molar-refractivity contribution in [3.05, 3.63) is 59.1 Å². The van der Waals surface area contributed by atoms with Crippen molar-refractivity contribution in [3.63, 3.8) is 0 Å². The van der Waals surface area contributed by atoms with E-state index < -0.39 is 11.6 Å². The molecule has 5 nitrogen and oxygen atoms in total. The highest BCUT2D eigenvalue weighted by molar-refractivity contribution is 7.18. The van der Waals surface area contributed by atoms with Crippen molar-refractivity contribution in [2.45, 2.75) is 6.54 Å². The van der Waals surface area contributed by atoms with Gasteiger partial charge in [-0.15, -0.1) is 11.3 Å². The average Bonchev–Trinajstić information content (AvgIpc) is 3.02. The van der Waals surface area contributed by atoms with Gasteiger partial charge in [-0.25, -0.2) is 18.6 Å².